The summed E-state index contributed by atoms with van der Waals surface area (Å²) in [4.78, 5) is 10.9. The molecule has 7 heteroatoms. The zero-order chi connectivity index (χ0) is 12.4. The lowest BCUT2D eigenvalue weighted by molar-refractivity contribution is -0.161. The Morgan fingerprint density at radius 2 is 1.81 bits per heavy atom. The van der Waals surface area contributed by atoms with Gasteiger partial charge in [-0.2, -0.15) is 4.72 Å². The first kappa shape index (κ1) is 12.6. The van der Waals surface area contributed by atoms with Crippen LogP contribution in [0, 0.1) is 0 Å². The summed E-state index contributed by atoms with van der Waals surface area (Å²) in [6.45, 7) is 0. The molecule has 0 saturated heterocycles. The molecule has 1 aromatic carbocycles. The van der Waals surface area contributed by atoms with Crippen molar-refractivity contribution in [1.29, 1.82) is 0 Å². The fourth-order valence-corrected chi connectivity index (χ4v) is 1.92. The van der Waals surface area contributed by atoms with E-state index >= 15 is 0 Å². The van der Waals surface area contributed by atoms with Crippen LogP contribution >= 0.6 is 0 Å². The second-order valence-electron chi connectivity index (χ2n) is 3.26. The van der Waals surface area contributed by atoms with Gasteiger partial charge in [-0.1, -0.05) is 30.3 Å². The smallest absolute Gasteiger partial charge is 0.357 e. The molecule has 0 aliphatic heterocycles. The van der Waals surface area contributed by atoms with Crippen molar-refractivity contribution in [3.8, 4) is 0 Å². The molecule has 0 spiro atoms. The number of benzene rings is 1. The van der Waals surface area contributed by atoms with Gasteiger partial charge in [-0.25, -0.2) is 13.2 Å². The predicted molar refractivity (Wildman–Crippen MR) is 56.0 cm³/mol. The number of carboxylic acids is 1. The highest BCUT2D eigenvalue weighted by Crippen LogP contribution is 2.18. The Hall–Kier alpha value is -1.44. The Kier molecular flexibility index (Phi) is 3.32. The summed E-state index contributed by atoms with van der Waals surface area (Å²) in [6.07, 6.45) is 0.768. The summed E-state index contributed by atoms with van der Waals surface area (Å²) < 4.78 is 23.7. The summed E-state index contributed by atoms with van der Waals surface area (Å²) in [5, 5.41) is 18.7. The van der Waals surface area contributed by atoms with Crippen LogP contribution in [0.1, 0.15) is 5.56 Å². The lowest BCUT2D eigenvalue weighted by atomic mass is 10.0. The SMILES string of the molecule is CS(=O)(=O)N[C@](O)(C(=O)O)c1ccccc1. The van der Waals surface area contributed by atoms with Crippen molar-refractivity contribution in [3.05, 3.63) is 35.9 Å². The number of hydrogen-bond donors (Lipinski definition) is 3. The van der Waals surface area contributed by atoms with Crippen molar-refractivity contribution in [2.45, 2.75) is 5.72 Å². The van der Waals surface area contributed by atoms with Crippen molar-refractivity contribution in [2.75, 3.05) is 6.26 Å². The third kappa shape index (κ3) is 2.78. The molecule has 16 heavy (non-hydrogen) atoms. The summed E-state index contributed by atoms with van der Waals surface area (Å²) in [5.74, 6) is -1.69. The van der Waals surface area contributed by atoms with E-state index in [4.69, 9.17) is 5.11 Å². The highest BCUT2D eigenvalue weighted by Gasteiger charge is 2.40. The molecule has 0 aliphatic rings. The molecule has 0 fully saturated rings. The molecule has 1 aromatic rings. The van der Waals surface area contributed by atoms with E-state index in [2.05, 4.69) is 0 Å². The molecule has 0 bridgehead atoms. The maximum Gasteiger partial charge on any atom is 0.357 e. The molecule has 0 heterocycles. The van der Waals surface area contributed by atoms with Gasteiger partial charge < -0.3 is 10.2 Å². The molecule has 0 amide bonds. The third-order valence-electron chi connectivity index (χ3n) is 1.83. The largest absolute Gasteiger partial charge is 0.478 e. The van der Waals surface area contributed by atoms with E-state index in [-0.39, 0.29) is 5.56 Å². The van der Waals surface area contributed by atoms with Crippen molar-refractivity contribution in [3.63, 3.8) is 0 Å². The normalized spacial score (nSPS) is 15.4. The monoisotopic (exact) mass is 245 g/mol. The fraction of sp³-hybridized carbons (Fsp3) is 0.222. The lowest BCUT2D eigenvalue weighted by Crippen LogP contribution is -2.51. The van der Waals surface area contributed by atoms with E-state index in [1.165, 1.54) is 24.3 Å². The molecule has 88 valence electrons. The molecule has 0 unspecified atom stereocenters. The molecule has 0 radical (unpaired) electrons. The maximum absolute atomic E-state index is 11.0. The number of nitrogens with one attached hydrogen (secondary N) is 1. The highest BCUT2D eigenvalue weighted by molar-refractivity contribution is 7.88. The Balaban J connectivity index is 3.23. The van der Waals surface area contributed by atoms with E-state index in [0.29, 0.717) is 0 Å². The molecule has 0 aliphatic carbocycles. The van der Waals surface area contributed by atoms with E-state index < -0.39 is 21.7 Å². The topological polar surface area (TPSA) is 104 Å². The van der Waals surface area contributed by atoms with Gasteiger partial charge in [-0.3, -0.25) is 0 Å². The van der Waals surface area contributed by atoms with Crippen LogP contribution in [0.15, 0.2) is 30.3 Å². The number of rotatable bonds is 4. The average molecular weight is 245 g/mol. The molecule has 1 atom stereocenters. The van der Waals surface area contributed by atoms with Crippen LogP contribution in [0.4, 0.5) is 0 Å². The van der Waals surface area contributed by atoms with E-state index in [1.807, 2.05) is 0 Å². The number of aliphatic carboxylic acids is 1. The van der Waals surface area contributed by atoms with E-state index in [0.717, 1.165) is 6.26 Å². The molecular weight excluding hydrogens is 234 g/mol. The van der Waals surface area contributed by atoms with Gasteiger partial charge >= 0.3 is 5.97 Å². The zero-order valence-electron chi connectivity index (χ0n) is 8.41. The third-order valence-corrected chi connectivity index (χ3v) is 2.50. The number of carboxylic acid groups (broad SMARTS) is 1. The highest BCUT2D eigenvalue weighted by atomic mass is 32.2. The second-order valence-corrected chi connectivity index (χ2v) is 5.00. The summed E-state index contributed by atoms with van der Waals surface area (Å²) in [6, 6.07) is 7.23. The van der Waals surface area contributed by atoms with Crippen LogP contribution in [0.5, 0.6) is 0 Å². The van der Waals surface area contributed by atoms with Gasteiger partial charge in [-0.05, 0) is 0 Å². The van der Waals surface area contributed by atoms with Gasteiger partial charge in [0.05, 0.1) is 6.26 Å². The Morgan fingerprint density at radius 3 is 2.19 bits per heavy atom. The number of hydrogen-bond acceptors (Lipinski definition) is 4. The van der Waals surface area contributed by atoms with Crippen LogP contribution in [-0.4, -0.2) is 30.9 Å². The van der Waals surface area contributed by atoms with Crippen LogP contribution in [0.2, 0.25) is 0 Å². The minimum absolute atomic E-state index is 0.0621. The Morgan fingerprint density at radius 1 is 1.31 bits per heavy atom. The van der Waals surface area contributed by atoms with Gasteiger partial charge in [0.1, 0.15) is 0 Å². The molecule has 0 aromatic heterocycles. The van der Waals surface area contributed by atoms with Crippen molar-refractivity contribution < 1.29 is 23.4 Å². The van der Waals surface area contributed by atoms with Crippen LogP contribution < -0.4 is 4.72 Å². The van der Waals surface area contributed by atoms with Crippen LogP contribution in [0.3, 0.4) is 0 Å². The number of aliphatic hydroxyl groups is 1. The molecule has 0 saturated carbocycles. The average Bonchev–Trinajstić information content (AvgIpc) is 2.16. The van der Waals surface area contributed by atoms with Crippen LogP contribution in [-0.2, 0) is 20.5 Å². The van der Waals surface area contributed by atoms with Gasteiger partial charge in [0.25, 0.3) is 5.72 Å². The zero-order valence-corrected chi connectivity index (χ0v) is 9.23. The molecular formula is C9H11NO5S. The molecule has 1 rings (SSSR count). The first-order valence-corrected chi connectivity index (χ1v) is 6.15. The van der Waals surface area contributed by atoms with E-state index in [9.17, 15) is 18.3 Å². The van der Waals surface area contributed by atoms with Crippen LogP contribution in [0.25, 0.3) is 0 Å². The lowest BCUT2D eigenvalue weighted by Gasteiger charge is -2.23. The summed E-state index contributed by atoms with van der Waals surface area (Å²) in [5.41, 5.74) is -2.71. The van der Waals surface area contributed by atoms with Gasteiger partial charge in [0, 0.05) is 5.56 Å². The van der Waals surface area contributed by atoms with Crippen molar-refractivity contribution >= 4 is 16.0 Å². The first-order valence-electron chi connectivity index (χ1n) is 4.26. The maximum atomic E-state index is 11.0. The Bertz CT molecular complexity index is 484. The quantitative estimate of drug-likeness (QED) is 0.618. The summed E-state index contributed by atoms with van der Waals surface area (Å²) in [7, 11) is -3.86. The minimum atomic E-state index is -3.86. The van der Waals surface area contributed by atoms with Gasteiger partial charge in [-0.15, -0.1) is 0 Å². The number of carbonyl (C=O) groups is 1. The predicted octanol–water partition coefficient (Wildman–Crippen LogP) is -0.534. The van der Waals surface area contributed by atoms with Crippen molar-refractivity contribution in [2.24, 2.45) is 0 Å². The standard InChI is InChI=1S/C9H11NO5S/c1-16(14,15)10-9(13,8(11)12)7-5-3-2-4-6-7/h2-6,10,13H,1H3,(H,11,12)/t9-/m1/s1. The summed E-state index contributed by atoms with van der Waals surface area (Å²) >= 11 is 0. The van der Waals surface area contributed by atoms with Crippen molar-refractivity contribution in [1.82, 2.24) is 4.72 Å². The second kappa shape index (κ2) is 4.20. The fourth-order valence-electron chi connectivity index (χ4n) is 1.17. The van der Waals surface area contributed by atoms with E-state index in [1.54, 1.807) is 10.8 Å². The minimum Gasteiger partial charge on any atom is -0.478 e. The Labute approximate surface area is 92.6 Å². The molecule has 6 nitrogen and oxygen atoms in total. The van der Waals surface area contributed by atoms with Gasteiger partial charge in [0.15, 0.2) is 0 Å². The molecule has 3 N–H and O–H groups in total. The first-order chi connectivity index (χ1) is 7.26. The van der Waals surface area contributed by atoms with Gasteiger partial charge in [0.2, 0.25) is 10.0 Å². The number of sulfonamides is 1.